The largest absolute Gasteiger partial charge is 0.300 e. The van der Waals surface area contributed by atoms with Crippen LogP contribution in [0.25, 0.3) is 0 Å². The molecule has 2 aromatic rings. The number of thiophene rings is 1. The summed E-state index contributed by atoms with van der Waals surface area (Å²) in [5.41, 5.74) is 2.37. The minimum absolute atomic E-state index is 0.173. The maximum atomic E-state index is 11.3. The van der Waals surface area contributed by atoms with E-state index in [1.54, 1.807) is 30.7 Å². The standard InChI is InChI=1S/C13H13NOS/c1-10(15)8-13(12-4-7-16-9-12)11-2-5-14-6-3-11/h2-7,9,13H,8H2,1H3. The molecule has 0 spiro atoms. The second-order valence-electron chi connectivity index (χ2n) is 3.80. The van der Waals surface area contributed by atoms with Crippen LogP contribution in [0.4, 0.5) is 0 Å². The molecule has 3 heteroatoms. The molecule has 0 amide bonds. The summed E-state index contributed by atoms with van der Waals surface area (Å²) in [6.07, 6.45) is 4.10. The molecule has 82 valence electrons. The fraction of sp³-hybridized carbons (Fsp3) is 0.231. The van der Waals surface area contributed by atoms with Gasteiger partial charge in [-0.1, -0.05) is 0 Å². The Morgan fingerprint density at radius 2 is 2.06 bits per heavy atom. The van der Waals surface area contributed by atoms with Gasteiger partial charge in [-0.2, -0.15) is 11.3 Å². The highest BCUT2D eigenvalue weighted by atomic mass is 32.1. The van der Waals surface area contributed by atoms with Crippen molar-refractivity contribution in [2.75, 3.05) is 0 Å². The zero-order valence-corrected chi connectivity index (χ0v) is 9.91. The van der Waals surface area contributed by atoms with Crippen LogP contribution in [0.15, 0.2) is 41.4 Å². The van der Waals surface area contributed by atoms with E-state index in [9.17, 15) is 4.79 Å². The first-order chi connectivity index (χ1) is 7.77. The zero-order valence-electron chi connectivity index (χ0n) is 9.09. The molecule has 0 saturated heterocycles. The molecule has 0 aromatic carbocycles. The average Bonchev–Trinajstić information content (AvgIpc) is 2.80. The number of nitrogens with zero attached hydrogens (tertiary/aromatic N) is 1. The van der Waals surface area contributed by atoms with Gasteiger partial charge < -0.3 is 0 Å². The summed E-state index contributed by atoms with van der Waals surface area (Å²) in [6, 6.07) is 6.04. The normalized spacial score (nSPS) is 12.3. The van der Waals surface area contributed by atoms with Crippen LogP contribution in [0.2, 0.25) is 0 Å². The molecule has 0 aliphatic carbocycles. The van der Waals surface area contributed by atoms with E-state index in [0.29, 0.717) is 6.42 Å². The van der Waals surface area contributed by atoms with Crippen LogP contribution in [0, 0.1) is 0 Å². The van der Waals surface area contributed by atoms with Gasteiger partial charge in [0.1, 0.15) is 5.78 Å². The zero-order chi connectivity index (χ0) is 11.4. The lowest BCUT2D eigenvalue weighted by molar-refractivity contribution is -0.117. The molecule has 0 radical (unpaired) electrons. The molecule has 0 N–H and O–H groups in total. The van der Waals surface area contributed by atoms with Crippen LogP contribution in [0.3, 0.4) is 0 Å². The Balaban J connectivity index is 2.32. The molecule has 2 aromatic heterocycles. The fourth-order valence-corrected chi connectivity index (χ4v) is 2.50. The van der Waals surface area contributed by atoms with Crippen molar-refractivity contribution in [3.05, 3.63) is 52.5 Å². The Hall–Kier alpha value is -1.48. The molecular formula is C13H13NOS. The lowest BCUT2D eigenvalue weighted by Crippen LogP contribution is -2.05. The molecule has 2 heterocycles. The molecule has 0 aliphatic rings. The van der Waals surface area contributed by atoms with E-state index in [2.05, 4.69) is 16.4 Å². The van der Waals surface area contributed by atoms with E-state index in [1.807, 2.05) is 17.5 Å². The lowest BCUT2D eigenvalue weighted by atomic mass is 9.90. The van der Waals surface area contributed by atoms with Crippen LogP contribution in [0.5, 0.6) is 0 Å². The van der Waals surface area contributed by atoms with Gasteiger partial charge in [0.2, 0.25) is 0 Å². The SMILES string of the molecule is CC(=O)CC(c1ccncc1)c1ccsc1. The van der Waals surface area contributed by atoms with E-state index < -0.39 is 0 Å². The molecule has 0 fully saturated rings. The van der Waals surface area contributed by atoms with Crippen molar-refractivity contribution in [3.8, 4) is 0 Å². The Labute approximate surface area is 99.0 Å². The van der Waals surface area contributed by atoms with Gasteiger partial charge in [0.05, 0.1) is 0 Å². The fourth-order valence-electron chi connectivity index (χ4n) is 1.78. The number of Topliss-reactive ketones (excluding diaryl/α,β-unsaturated/α-hetero) is 1. The van der Waals surface area contributed by atoms with Crippen LogP contribution in [-0.2, 0) is 4.79 Å². The summed E-state index contributed by atoms with van der Waals surface area (Å²) in [4.78, 5) is 15.3. The van der Waals surface area contributed by atoms with Crippen molar-refractivity contribution in [1.82, 2.24) is 4.98 Å². The predicted molar refractivity (Wildman–Crippen MR) is 65.7 cm³/mol. The van der Waals surface area contributed by atoms with Crippen LogP contribution in [-0.4, -0.2) is 10.8 Å². The summed E-state index contributed by atoms with van der Waals surface area (Å²) in [5.74, 6) is 0.389. The summed E-state index contributed by atoms with van der Waals surface area (Å²) in [6.45, 7) is 1.64. The Morgan fingerprint density at radius 3 is 2.62 bits per heavy atom. The number of hydrogen-bond donors (Lipinski definition) is 0. The van der Waals surface area contributed by atoms with Gasteiger partial charge in [0.25, 0.3) is 0 Å². The summed E-state index contributed by atoms with van der Waals surface area (Å²) in [7, 11) is 0. The second-order valence-corrected chi connectivity index (χ2v) is 4.58. The number of rotatable bonds is 4. The molecule has 2 nitrogen and oxygen atoms in total. The van der Waals surface area contributed by atoms with Crippen molar-refractivity contribution in [1.29, 1.82) is 0 Å². The monoisotopic (exact) mass is 231 g/mol. The maximum absolute atomic E-state index is 11.3. The highest BCUT2D eigenvalue weighted by molar-refractivity contribution is 7.08. The number of ketones is 1. The maximum Gasteiger partial charge on any atom is 0.130 e. The van der Waals surface area contributed by atoms with Crippen molar-refractivity contribution in [3.63, 3.8) is 0 Å². The van der Waals surface area contributed by atoms with E-state index in [1.165, 1.54) is 5.56 Å². The van der Waals surface area contributed by atoms with Gasteiger partial charge in [0.15, 0.2) is 0 Å². The number of hydrogen-bond acceptors (Lipinski definition) is 3. The summed E-state index contributed by atoms with van der Waals surface area (Å²) >= 11 is 1.66. The van der Waals surface area contributed by atoms with E-state index in [-0.39, 0.29) is 11.7 Å². The van der Waals surface area contributed by atoms with Crippen LogP contribution in [0.1, 0.15) is 30.4 Å². The average molecular weight is 231 g/mol. The quantitative estimate of drug-likeness (QED) is 0.808. The number of pyridine rings is 1. The minimum Gasteiger partial charge on any atom is -0.300 e. The number of carbonyl (C=O) groups is 1. The highest BCUT2D eigenvalue weighted by Gasteiger charge is 2.16. The first-order valence-corrected chi connectivity index (χ1v) is 6.13. The number of aromatic nitrogens is 1. The molecule has 1 unspecified atom stereocenters. The third-order valence-electron chi connectivity index (χ3n) is 2.55. The topological polar surface area (TPSA) is 30.0 Å². The van der Waals surface area contributed by atoms with Crippen molar-refractivity contribution in [2.24, 2.45) is 0 Å². The minimum atomic E-state index is 0.173. The van der Waals surface area contributed by atoms with Crippen molar-refractivity contribution >= 4 is 17.1 Å². The molecule has 0 saturated carbocycles. The lowest BCUT2D eigenvalue weighted by Gasteiger charge is -2.14. The number of carbonyl (C=O) groups excluding carboxylic acids is 1. The molecular weight excluding hydrogens is 218 g/mol. The molecule has 2 rings (SSSR count). The highest BCUT2D eigenvalue weighted by Crippen LogP contribution is 2.29. The van der Waals surface area contributed by atoms with Gasteiger partial charge in [0, 0.05) is 24.7 Å². The van der Waals surface area contributed by atoms with E-state index in [4.69, 9.17) is 0 Å². The molecule has 0 aliphatic heterocycles. The van der Waals surface area contributed by atoms with Gasteiger partial charge in [-0.25, -0.2) is 0 Å². The van der Waals surface area contributed by atoms with Crippen molar-refractivity contribution in [2.45, 2.75) is 19.3 Å². The summed E-state index contributed by atoms with van der Waals surface area (Å²) in [5, 5.41) is 4.15. The molecule has 1 atom stereocenters. The summed E-state index contributed by atoms with van der Waals surface area (Å²) < 4.78 is 0. The predicted octanol–water partition coefficient (Wildman–Crippen LogP) is 3.25. The Kier molecular flexibility index (Phi) is 3.47. The van der Waals surface area contributed by atoms with Gasteiger partial charge in [-0.15, -0.1) is 0 Å². The van der Waals surface area contributed by atoms with E-state index >= 15 is 0 Å². The molecule has 0 bridgehead atoms. The van der Waals surface area contributed by atoms with E-state index in [0.717, 1.165) is 5.56 Å². The smallest absolute Gasteiger partial charge is 0.130 e. The third-order valence-corrected chi connectivity index (χ3v) is 3.25. The third kappa shape index (κ3) is 2.55. The Bertz CT molecular complexity index is 450. The molecule has 16 heavy (non-hydrogen) atoms. The van der Waals surface area contributed by atoms with Gasteiger partial charge in [-0.05, 0) is 47.0 Å². The Morgan fingerprint density at radius 1 is 1.31 bits per heavy atom. The first-order valence-electron chi connectivity index (χ1n) is 5.19. The van der Waals surface area contributed by atoms with Crippen LogP contribution >= 0.6 is 11.3 Å². The van der Waals surface area contributed by atoms with Gasteiger partial charge >= 0.3 is 0 Å². The first kappa shape index (κ1) is 11.0. The van der Waals surface area contributed by atoms with Gasteiger partial charge in [-0.3, -0.25) is 9.78 Å². The second kappa shape index (κ2) is 5.03. The van der Waals surface area contributed by atoms with Crippen LogP contribution < -0.4 is 0 Å². The van der Waals surface area contributed by atoms with Crippen molar-refractivity contribution < 1.29 is 4.79 Å².